The molecule has 0 bridgehead atoms. The van der Waals surface area contributed by atoms with E-state index in [1.165, 1.54) is 5.56 Å². The van der Waals surface area contributed by atoms with E-state index in [4.69, 9.17) is 9.56 Å². The van der Waals surface area contributed by atoms with Crippen LogP contribution in [-0.4, -0.2) is 12.1 Å². The maximum Gasteiger partial charge on any atom is 0.212 e. The second-order valence-corrected chi connectivity index (χ2v) is 6.17. The fraction of sp³-hybridized carbons (Fsp3) is 0.278. The van der Waals surface area contributed by atoms with Gasteiger partial charge in [0, 0.05) is 5.56 Å². The molecule has 0 amide bonds. The second-order valence-electron chi connectivity index (χ2n) is 5.35. The Morgan fingerprint density at radius 2 is 1.68 bits per heavy atom. The van der Waals surface area contributed by atoms with Crippen LogP contribution in [0.4, 0.5) is 0 Å². The molecule has 2 aromatic carbocycles. The summed E-state index contributed by atoms with van der Waals surface area (Å²) in [6, 6.07) is 14.1. The van der Waals surface area contributed by atoms with Crippen LogP contribution in [0, 0.1) is 20.8 Å². The van der Waals surface area contributed by atoms with Gasteiger partial charge in [0.1, 0.15) is 8.81 Å². The lowest BCUT2D eigenvalue weighted by molar-refractivity contribution is -0.193. The predicted molar refractivity (Wildman–Crippen MR) is 90.5 cm³/mol. The summed E-state index contributed by atoms with van der Waals surface area (Å²) in [5.41, 5.74) is 5.05. The summed E-state index contributed by atoms with van der Waals surface area (Å²) in [7, 11) is -0.321. The number of hydrogen-bond donors (Lipinski definition) is 0. The molecule has 3 nitrogen and oxygen atoms in total. The van der Waals surface area contributed by atoms with Crippen molar-refractivity contribution in [3.63, 3.8) is 0 Å². The molecular weight excluding hydrogens is 295 g/mol. The van der Waals surface area contributed by atoms with E-state index in [1.54, 1.807) is 0 Å². The van der Waals surface area contributed by atoms with Gasteiger partial charge in [-0.05, 0) is 43.9 Å². The third-order valence-corrected chi connectivity index (χ3v) is 4.05. The van der Waals surface area contributed by atoms with Gasteiger partial charge in [-0.15, -0.1) is 0 Å². The SMILES string of the molecule is Cc1cc(C)c(C(=O)POOCCc2ccccc2)c(C)c1. The maximum absolute atomic E-state index is 12.2. The summed E-state index contributed by atoms with van der Waals surface area (Å²) < 4.78 is 5.09. The highest BCUT2D eigenvalue weighted by Crippen LogP contribution is 2.26. The number of rotatable bonds is 7. The molecule has 0 saturated carbocycles. The van der Waals surface area contributed by atoms with Gasteiger partial charge in [-0.2, -0.15) is 0 Å². The topological polar surface area (TPSA) is 35.5 Å². The Balaban J connectivity index is 1.79. The van der Waals surface area contributed by atoms with E-state index in [0.717, 1.165) is 28.7 Å². The van der Waals surface area contributed by atoms with Gasteiger partial charge in [-0.25, -0.2) is 9.56 Å². The lowest BCUT2D eigenvalue weighted by Gasteiger charge is -2.10. The van der Waals surface area contributed by atoms with E-state index in [-0.39, 0.29) is 14.3 Å². The summed E-state index contributed by atoms with van der Waals surface area (Å²) >= 11 is 0. The van der Waals surface area contributed by atoms with Crippen LogP contribution >= 0.6 is 8.81 Å². The molecule has 1 unspecified atom stereocenters. The Bertz CT molecular complexity index is 615. The molecule has 0 spiro atoms. The lowest BCUT2D eigenvalue weighted by atomic mass is 10.0. The first-order chi connectivity index (χ1) is 10.6. The van der Waals surface area contributed by atoms with Crippen LogP contribution in [0.25, 0.3) is 0 Å². The largest absolute Gasteiger partial charge is 0.287 e. The third kappa shape index (κ3) is 4.74. The quantitative estimate of drug-likeness (QED) is 0.326. The van der Waals surface area contributed by atoms with Gasteiger partial charge in [0.15, 0.2) is 0 Å². The van der Waals surface area contributed by atoms with Gasteiger partial charge in [-0.3, -0.25) is 4.79 Å². The van der Waals surface area contributed by atoms with Gasteiger partial charge in [-0.1, -0.05) is 48.0 Å². The molecule has 0 aliphatic rings. The fourth-order valence-corrected chi connectivity index (χ4v) is 3.22. The minimum atomic E-state index is -0.321. The Morgan fingerprint density at radius 1 is 1.05 bits per heavy atom. The first-order valence-corrected chi connectivity index (χ1v) is 8.19. The molecule has 1 atom stereocenters. The smallest absolute Gasteiger partial charge is 0.212 e. The van der Waals surface area contributed by atoms with Crippen LogP contribution in [0.5, 0.6) is 0 Å². The van der Waals surface area contributed by atoms with E-state index in [0.29, 0.717) is 6.61 Å². The number of aryl methyl sites for hydroxylation is 3. The van der Waals surface area contributed by atoms with E-state index >= 15 is 0 Å². The van der Waals surface area contributed by atoms with E-state index in [1.807, 2.05) is 63.2 Å². The first kappa shape index (κ1) is 16.8. The number of hydrogen-bond acceptors (Lipinski definition) is 3. The monoisotopic (exact) mass is 316 g/mol. The van der Waals surface area contributed by atoms with Crippen molar-refractivity contribution in [1.29, 1.82) is 0 Å². The molecule has 0 N–H and O–H groups in total. The molecule has 0 aromatic heterocycles. The standard InChI is InChI=1S/C18H21O3P/c1-13-11-14(2)17(15(3)12-13)18(19)22-21-20-10-9-16-7-5-4-6-8-16/h4-8,11-12,22H,9-10H2,1-3H3. The van der Waals surface area contributed by atoms with Crippen molar-refractivity contribution >= 4 is 14.3 Å². The van der Waals surface area contributed by atoms with Crippen molar-refractivity contribution in [3.05, 3.63) is 70.3 Å². The third-order valence-electron chi connectivity index (χ3n) is 3.41. The molecule has 0 aliphatic carbocycles. The minimum Gasteiger partial charge on any atom is -0.287 e. The maximum atomic E-state index is 12.2. The zero-order chi connectivity index (χ0) is 15.9. The van der Waals surface area contributed by atoms with E-state index < -0.39 is 0 Å². The first-order valence-electron chi connectivity index (χ1n) is 7.28. The fourth-order valence-electron chi connectivity index (χ4n) is 2.50. The van der Waals surface area contributed by atoms with Crippen LogP contribution in [-0.2, 0) is 16.0 Å². The second kappa shape index (κ2) is 8.19. The Morgan fingerprint density at radius 3 is 2.32 bits per heavy atom. The average Bonchev–Trinajstić information content (AvgIpc) is 2.47. The molecule has 2 rings (SSSR count). The lowest BCUT2D eigenvalue weighted by Crippen LogP contribution is -2.02. The predicted octanol–water partition coefficient (Wildman–Crippen LogP) is 4.54. The molecule has 0 heterocycles. The molecule has 2 aromatic rings. The van der Waals surface area contributed by atoms with Gasteiger partial charge in [0.05, 0.1) is 6.61 Å². The summed E-state index contributed by atoms with van der Waals surface area (Å²) in [4.78, 5) is 17.4. The number of benzene rings is 2. The van der Waals surface area contributed by atoms with Crippen LogP contribution in [0.3, 0.4) is 0 Å². The van der Waals surface area contributed by atoms with Gasteiger partial charge >= 0.3 is 0 Å². The molecule has 116 valence electrons. The van der Waals surface area contributed by atoms with Gasteiger partial charge in [0.2, 0.25) is 5.52 Å². The molecule has 4 heteroatoms. The highest BCUT2D eigenvalue weighted by atomic mass is 31.1. The van der Waals surface area contributed by atoms with Crippen LogP contribution in [0.15, 0.2) is 42.5 Å². The number of carbonyl (C=O) groups excluding carboxylic acids is 1. The molecule has 0 fully saturated rings. The van der Waals surface area contributed by atoms with Gasteiger partial charge < -0.3 is 0 Å². The van der Waals surface area contributed by atoms with Crippen molar-refractivity contribution in [2.75, 3.05) is 6.61 Å². The molecule has 0 radical (unpaired) electrons. The Labute approximate surface area is 133 Å². The van der Waals surface area contributed by atoms with Crippen molar-refractivity contribution in [2.24, 2.45) is 0 Å². The number of carbonyl (C=O) groups is 1. The van der Waals surface area contributed by atoms with Crippen molar-refractivity contribution in [3.8, 4) is 0 Å². The van der Waals surface area contributed by atoms with Crippen LogP contribution < -0.4 is 0 Å². The minimum absolute atomic E-state index is 0.0188. The highest BCUT2D eigenvalue weighted by Gasteiger charge is 2.13. The Hall–Kier alpha value is -1.54. The average molecular weight is 316 g/mol. The zero-order valence-electron chi connectivity index (χ0n) is 13.2. The molecule has 0 aliphatic heterocycles. The summed E-state index contributed by atoms with van der Waals surface area (Å²) in [5.74, 6) is 0. The molecular formula is C18H21O3P. The van der Waals surface area contributed by atoms with Crippen LogP contribution in [0.2, 0.25) is 0 Å². The van der Waals surface area contributed by atoms with Crippen molar-refractivity contribution < 1.29 is 14.4 Å². The summed E-state index contributed by atoms with van der Waals surface area (Å²) in [6.45, 7) is 6.37. The normalized spacial score (nSPS) is 11.2. The molecule has 22 heavy (non-hydrogen) atoms. The highest BCUT2D eigenvalue weighted by molar-refractivity contribution is 7.54. The Kier molecular flexibility index (Phi) is 6.26. The van der Waals surface area contributed by atoms with Crippen LogP contribution in [0.1, 0.15) is 32.6 Å². The zero-order valence-corrected chi connectivity index (χ0v) is 14.2. The summed E-state index contributed by atoms with van der Waals surface area (Å²) in [6.07, 6.45) is 0.766. The molecule has 0 saturated heterocycles. The van der Waals surface area contributed by atoms with E-state index in [2.05, 4.69) is 0 Å². The van der Waals surface area contributed by atoms with Gasteiger partial charge in [0.25, 0.3) is 0 Å². The van der Waals surface area contributed by atoms with Crippen molar-refractivity contribution in [2.45, 2.75) is 27.2 Å². The summed E-state index contributed by atoms with van der Waals surface area (Å²) in [5, 5.41) is 0. The van der Waals surface area contributed by atoms with Crippen molar-refractivity contribution in [1.82, 2.24) is 0 Å². The van der Waals surface area contributed by atoms with E-state index in [9.17, 15) is 4.79 Å².